The molecule has 31 heavy (non-hydrogen) atoms. The standard InChI is InChI=1S/C27H30O4/c1-17(2)26(28)30-13-7-6-8-20-9-12-23-21(15-20)10-11-22-16-25(19(5)14-24(22)23)31-27(29)18(3)4/h9-12,15-16,19H,1,3,6-8,13-14H2,2,4-5H3. The van der Waals surface area contributed by atoms with Gasteiger partial charge in [-0.15, -0.1) is 0 Å². The van der Waals surface area contributed by atoms with Gasteiger partial charge in [0.25, 0.3) is 0 Å². The molecule has 0 aliphatic heterocycles. The Balaban J connectivity index is 1.69. The van der Waals surface area contributed by atoms with Gasteiger partial charge in [-0.1, -0.05) is 50.4 Å². The van der Waals surface area contributed by atoms with Crippen LogP contribution < -0.4 is 0 Å². The van der Waals surface area contributed by atoms with Crippen LogP contribution in [0, 0.1) is 5.92 Å². The average Bonchev–Trinajstić information content (AvgIpc) is 2.73. The normalized spacial score (nSPS) is 15.1. The molecule has 1 atom stereocenters. The van der Waals surface area contributed by atoms with Gasteiger partial charge in [0, 0.05) is 17.1 Å². The van der Waals surface area contributed by atoms with E-state index in [1.54, 1.807) is 13.8 Å². The molecule has 1 aliphatic rings. The van der Waals surface area contributed by atoms with Crippen LogP contribution in [0.1, 0.15) is 50.3 Å². The number of carbonyl (C=O) groups excluding carboxylic acids is 2. The summed E-state index contributed by atoms with van der Waals surface area (Å²) >= 11 is 0. The smallest absolute Gasteiger partial charge is 0.338 e. The number of aryl methyl sites for hydroxylation is 1. The minimum atomic E-state index is -0.374. The zero-order valence-electron chi connectivity index (χ0n) is 18.6. The highest BCUT2D eigenvalue weighted by molar-refractivity contribution is 5.91. The summed E-state index contributed by atoms with van der Waals surface area (Å²) < 4.78 is 10.7. The second-order valence-corrected chi connectivity index (χ2v) is 8.38. The summed E-state index contributed by atoms with van der Waals surface area (Å²) in [5.74, 6) is 0.129. The van der Waals surface area contributed by atoms with Gasteiger partial charge in [-0.3, -0.25) is 0 Å². The Bertz CT molecular complexity index is 1070. The molecule has 0 aromatic heterocycles. The Morgan fingerprint density at radius 2 is 1.77 bits per heavy atom. The molecule has 0 heterocycles. The maximum Gasteiger partial charge on any atom is 0.338 e. The Morgan fingerprint density at radius 1 is 1.03 bits per heavy atom. The van der Waals surface area contributed by atoms with Gasteiger partial charge >= 0.3 is 11.9 Å². The van der Waals surface area contributed by atoms with Crippen LogP contribution in [0.3, 0.4) is 0 Å². The molecule has 0 bridgehead atoms. The lowest BCUT2D eigenvalue weighted by molar-refractivity contribution is -0.139. The lowest BCUT2D eigenvalue weighted by atomic mass is 9.85. The first-order valence-electron chi connectivity index (χ1n) is 10.7. The van der Waals surface area contributed by atoms with Crippen molar-refractivity contribution in [3.63, 3.8) is 0 Å². The highest BCUT2D eigenvalue weighted by Crippen LogP contribution is 2.34. The molecule has 0 saturated carbocycles. The van der Waals surface area contributed by atoms with Gasteiger partial charge in [0.2, 0.25) is 0 Å². The van der Waals surface area contributed by atoms with E-state index in [9.17, 15) is 9.59 Å². The molecule has 0 radical (unpaired) electrons. The van der Waals surface area contributed by atoms with Gasteiger partial charge in [0.05, 0.1) is 6.61 Å². The predicted octanol–water partition coefficient (Wildman–Crippen LogP) is 5.93. The fraction of sp³-hybridized carbons (Fsp3) is 0.333. The summed E-state index contributed by atoms with van der Waals surface area (Å²) in [4.78, 5) is 23.3. The van der Waals surface area contributed by atoms with Crippen LogP contribution in [0.25, 0.3) is 16.8 Å². The third-order valence-electron chi connectivity index (χ3n) is 5.53. The summed E-state index contributed by atoms with van der Waals surface area (Å²) in [6.07, 6.45) is 5.53. The highest BCUT2D eigenvalue weighted by Gasteiger charge is 2.23. The van der Waals surface area contributed by atoms with Crippen molar-refractivity contribution in [3.8, 4) is 0 Å². The number of esters is 2. The minimum Gasteiger partial charge on any atom is -0.462 e. The van der Waals surface area contributed by atoms with Crippen molar-refractivity contribution in [2.24, 2.45) is 5.92 Å². The van der Waals surface area contributed by atoms with Crippen molar-refractivity contribution in [1.29, 1.82) is 0 Å². The number of rotatable bonds is 8. The first-order chi connectivity index (χ1) is 14.8. The lowest BCUT2D eigenvalue weighted by Gasteiger charge is -2.24. The van der Waals surface area contributed by atoms with E-state index in [4.69, 9.17) is 9.47 Å². The Kier molecular flexibility index (Phi) is 7.11. The van der Waals surface area contributed by atoms with Gasteiger partial charge in [-0.05, 0) is 73.1 Å². The second-order valence-electron chi connectivity index (χ2n) is 8.38. The molecule has 4 nitrogen and oxygen atoms in total. The summed E-state index contributed by atoms with van der Waals surface area (Å²) in [7, 11) is 0. The van der Waals surface area contributed by atoms with Crippen LogP contribution >= 0.6 is 0 Å². The number of carbonyl (C=O) groups is 2. The molecule has 1 unspecified atom stereocenters. The summed E-state index contributed by atoms with van der Waals surface area (Å²) in [5.41, 5.74) is 4.50. The van der Waals surface area contributed by atoms with Gasteiger partial charge in [-0.25, -0.2) is 9.59 Å². The molecule has 0 amide bonds. The Labute approximate surface area is 184 Å². The topological polar surface area (TPSA) is 52.6 Å². The van der Waals surface area contributed by atoms with E-state index in [0.717, 1.165) is 31.2 Å². The van der Waals surface area contributed by atoms with Crippen molar-refractivity contribution >= 4 is 28.8 Å². The van der Waals surface area contributed by atoms with Crippen LogP contribution in [0.5, 0.6) is 0 Å². The molecule has 1 aliphatic carbocycles. The number of hydrogen-bond donors (Lipinski definition) is 0. The largest absolute Gasteiger partial charge is 0.462 e. The molecule has 2 aromatic rings. The summed E-state index contributed by atoms with van der Waals surface area (Å²) in [5, 5.41) is 2.46. The van der Waals surface area contributed by atoms with Gasteiger partial charge in [0.1, 0.15) is 5.76 Å². The van der Waals surface area contributed by atoms with Crippen molar-refractivity contribution in [2.75, 3.05) is 6.61 Å². The molecular weight excluding hydrogens is 388 g/mol. The van der Waals surface area contributed by atoms with Crippen molar-refractivity contribution in [1.82, 2.24) is 0 Å². The van der Waals surface area contributed by atoms with Crippen LogP contribution in [0.15, 0.2) is 60.4 Å². The van der Waals surface area contributed by atoms with Crippen molar-refractivity contribution in [2.45, 2.75) is 46.5 Å². The van der Waals surface area contributed by atoms with Crippen LogP contribution in [-0.4, -0.2) is 18.5 Å². The fourth-order valence-corrected chi connectivity index (χ4v) is 3.72. The van der Waals surface area contributed by atoms with E-state index in [0.29, 0.717) is 23.5 Å². The van der Waals surface area contributed by atoms with Gasteiger partial charge < -0.3 is 9.47 Å². The third-order valence-corrected chi connectivity index (χ3v) is 5.53. The molecule has 0 N–H and O–H groups in total. The second kappa shape index (κ2) is 9.78. The molecule has 2 aromatic carbocycles. The zero-order valence-corrected chi connectivity index (χ0v) is 18.6. The minimum absolute atomic E-state index is 0.128. The maximum atomic E-state index is 11.9. The zero-order chi connectivity index (χ0) is 22.5. The maximum absolute atomic E-state index is 11.9. The Hall–Kier alpha value is -3.14. The first-order valence-corrected chi connectivity index (χ1v) is 10.7. The third kappa shape index (κ3) is 5.52. The summed E-state index contributed by atoms with van der Waals surface area (Å²) in [6, 6.07) is 10.8. The number of unbranched alkanes of at least 4 members (excludes halogenated alkanes) is 1. The molecule has 4 heteroatoms. The average molecular weight is 419 g/mol. The molecule has 3 rings (SSSR count). The van der Waals surface area contributed by atoms with E-state index in [2.05, 4.69) is 50.4 Å². The van der Waals surface area contributed by atoms with Gasteiger partial charge in [-0.2, -0.15) is 0 Å². The molecule has 0 fully saturated rings. The monoisotopic (exact) mass is 418 g/mol. The highest BCUT2D eigenvalue weighted by atomic mass is 16.5. The van der Waals surface area contributed by atoms with E-state index in [1.165, 1.54) is 21.9 Å². The quantitative estimate of drug-likeness (QED) is 0.303. The SMILES string of the molecule is C=C(C)C(=O)OCCCCc1ccc2c3c(ccc2c1)C=C(OC(=O)C(=C)C)C(C)C3. The van der Waals surface area contributed by atoms with E-state index in [-0.39, 0.29) is 17.9 Å². The van der Waals surface area contributed by atoms with Crippen LogP contribution in [0.2, 0.25) is 0 Å². The predicted molar refractivity (Wildman–Crippen MR) is 124 cm³/mol. The number of allylic oxidation sites excluding steroid dienone is 1. The van der Waals surface area contributed by atoms with Crippen molar-refractivity contribution in [3.05, 3.63) is 77.1 Å². The van der Waals surface area contributed by atoms with Crippen LogP contribution in [-0.2, 0) is 31.9 Å². The first kappa shape index (κ1) is 22.5. The molecule has 162 valence electrons. The Morgan fingerprint density at radius 3 is 2.48 bits per heavy atom. The number of fused-ring (bicyclic) bond motifs is 3. The number of hydrogen-bond acceptors (Lipinski definition) is 4. The van der Waals surface area contributed by atoms with E-state index >= 15 is 0 Å². The van der Waals surface area contributed by atoms with Crippen LogP contribution in [0.4, 0.5) is 0 Å². The van der Waals surface area contributed by atoms with Gasteiger partial charge in [0.15, 0.2) is 0 Å². The van der Waals surface area contributed by atoms with E-state index < -0.39 is 0 Å². The number of ether oxygens (including phenoxy) is 2. The molecule has 0 spiro atoms. The summed E-state index contributed by atoms with van der Waals surface area (Å²) in [6.45, 7) is 13.1. The fourth-order valence-electron chi connectivity index (χ4n) is 3.72. The lowest BCUT2D eigenvalue weighted by Crippen LogP contribution is -2.16. The number of benzene rings is 2. The molecular formula is C27H30O4. The molecule has 0 saturated heterocycles. The van der Waals surface area contributed by atoms with Crippen molar-refractivity contribution < 1.29 is 19.1 Å². The van der Waals surface area contributed by atoms with E-state index in [1.807, 2.05) is 6.08 Å².